The van der Waals surface area contributed by atoms with Gasteiger partial charge in [-0.1, -0.05) is 23.9 Å². The van der Waals surface area contributed by atoms with E-state index in [0.717, 1.165) is 18.4 Å². The summed E-state index contributed by atoms with van der Waals surface area (Å²) in [5, 5.41) is 13.9. The molecule has 0 saturated heterocycles. The largest absolute Gasteiger partial charge is 0.353 e. The Kier molecular flexibility index (Phi) is 5.13. The fraction of sp³-hybridized carbons (Fsp3) is 0.312. The Morgan fingerprint density at radius 3 is 2.72 bits per heavy atom. The summed E-state index contributed by atoms with van der Waals surface area (Å²) in [4.78, 5) is 40.7. The van der Waals surface area contributed by atoms with E-state index in [1.165, 1.54) is 30.0 Å². The van der Waals surface area contributed by atoms with Crippen molar-refractivity contribution < 1.29 is 9.72 Å². The SMILES string of the molecule is O=C(Cc1cc(=O)[nH]c(SCc2ccc([N+](=O)[O-])cc2)n1)NC1CC1. The van der Waals surface area contributed by atoms with Crippen LogP contribution in [-0.4, -0.2) is 26.8 Å². The third-order valence-corrected chi connectivity index (χ3v) is 4.52. The molecule has 3 rings (SSSR count). The van der Waals surface area contributed by atoms with Crippen LogP contribution in [0.15, 0.2) is 40.3 Å². The standard InChI is InChI=1S/C16H16N4O4S/c21-14(17-11-3-4-11)7-12-8-15(22)19-16(18-12)25-9-10-1-5-13(6-2-10)20(23)24/h1-2,5-6,8,11H,3-4,7,9H2,(H,17,21)(H,18,19,22). The molecule has 2 aromatic rings. The van der Waals surface area contributed by atoms with E-state index in [9.17, 15) is 19.7 Å². The smallest absolute Gasteiger partial charge is 0.269 e. The highest BCUT2D eigenvalue weighted by molar-refractivity contribution is 7.98. The highest BCUT2D eigenvalue weighted by Gasteiger charge is 2.23. The quantitative estimate of drug-likeness (QED) is 0.336. The summed E-state index contributed by atoms with van der Waals surface area (Å²) in [6.07, 6.45) is 2.08. The Labute approximate surface area is 147 Å². The van der Waals surface area contributed by atoms with Crippen molar-refractivity contribution in [1.29, 1.82) is 0 Å². The zero-order chi connectivity index (χ0) is 17.8. The van der Waals surface area contributed by atoms with Crippen molar-refractivity contribution in [3.8, 4) is 0 Å². The number of nitro groups is 1. The first-order valence-electron chi connectivity index (χ1n) is 7.75. The Hall–Kier alpha value is -2.68. The number of nitro benzene ring substituents is 1. The highest BCUT2D eigenvalue weighted by atomic mass is 32.2. The van der Waals surface area contributed by atoms with Crippen LogP contribution in [0.4, 0.5) is 5.69 Å². The van der Waals surface area contributed by atoms with Gasteiger partial charge in [0.15, 0.2) is 5.16 Å². The number of aromatic amines is 1. The van der Waals surface area contributed by atoms with E-state index in [2.05, 4.69) is 15.3 Å². The van der Waals surface area contributed by atoms with Gasteiger partial charge in [0.1, 0.15) is 0 Å². The number of nitrogens with zero attached hydrogens (tertiary/aromatic N) is 2. The van der Waals surface area contributed by atoms with Gasteiger partial charge in [0.25, 0.3) is 11.2 Å². The summed E-state index contributed by atoms with van der Waals surface area (Å²) < 4.78 is 0. The van der Waals surface area contributed by atoms with Gasteiger partial charge in [-0.15, -0.1) is 0 Å². The number of aromatic nitrogens is 2. The second-order valence-corrected chi connectivity index (χ2v) is 6.74. The predicted molar refractivity (Wildman–Crippen MR) is 92.4 cm³/mol. The minimum atomic E-state index is -0.452. The number of nitrogens with one attached hydrogen (secondary N) is 2. The van der Waals surface area contributed by atoms with Crippen molar-refractivity contribution >= 4 is 23.4 Å². The molecule has 1 heterocycles. The number of non-ortho nitro benzene ring substituents is 1. The van der Waals surface area contributed by atoms with E-state index < -0.39 is 4.92 Å². The molecule has 0 radical (unpaired) electrons. The van der Waals surface area contributed by atoms with Crippen molar-refractivity contribution in [3.05, 3.63) is 62.1 Å². The molecule has 2 N–H and O–H groups in total. The van der Waals surface area contributed by atoms with Crippen LogP contribution in [0.5, 0.6) is 0 Å². The first-order chi connectivity index (χ1) is 12.0. The second-order valence-electron chi connectivity index (χ2n) is 5.77. The molecule has 1 aliphatic rings. The lowest BCUT2D eigenvalue weighted by Crippen LogP contribution is -2.28. The lowest BCUT2D eigenvalue weighted by Gasteiger charge is -2.05. The van der Waals surface area contributed by atoms with Crippen molar-refractivity contribution in [1.82, 2.24) is 15.3 Å². The molecular formula is C16H16N4O4S. The number of H-pyrrole nitrogens is 1. The summed E-state index contributed by atoms with van der Waals surface area (Å²) in [6, 6.07) is 7.79. The van der Waals surface area contributed by atoms with Crippen molar-refractivity contribution in [2.24, 2.45) is 0 Å². The maximum atomic E-state index is 11.8. The summed E-state index contributed by atoms with van der Waals surface area (Å²) in [5.74, 6) is 0.366. The normalized spacial score (nSPS) is 13.4. The monoisotopic (exact) mass is 360 g/mol. The van der Waals surface area contributed by atoms with E-state index in [4.69, 9.17) is 0 Å². The topological polar surface area (TPSA) is 118 Å². The molecule has 8 nitrogen and oxygen atoms in total. The van der Waals surface area contributed by atoms with Gasteiger partial charge >= 0.3 is 0 Å². The van der Waals surface area contributed by atoms with Crippen LogP contribution in [0.2, 0.25) is 0 Å². The van der Waals surface area contributed by atoms with E-state index in [1.54, 1.807) is 12.1 Å². The van der Waals surface area contributed by atoms with Crippen LogP contribution in [0, 0.1) is 10.1 Å². The van der Waals surface area contributed by atoms with Gasteiger partial charge in [-0.2, -0.15) is 0 Å². The van der Waals surface area contributed by atoms with Crippen LogP contribution in [0.3, 0.4) is 0 Å². The molecule has 0 unspecified atom stereocenters. The molecule has 1 aromatic heterocycles. The van der Waals surface area contributed by atoms with Gasteiger partial charge in [0.2, 0.25) is 5.91 Å². The zero-order valence-corrected chi connectivity index (χ0v) is 14.0. The number of benzene rings is 1. The van der Waals surface area contributed by atoms with Gasteiger partial charge in [-0.3, -0.25) is 19.7 Å². The van der Waals surface area contributed by atoms with Crippen molar-refractivity contribution in [3.63, 3.8) is 0 Å². The van der Waals surface area contributed by atoms with Gasteiger partial charge in [-0.05, 0) is 18.4 Å². The Balaban J connectivity index is 1.62. The number of hydrogen-bond acceptors (Lipinski definition) is 6. The molecule has 1 aliphatic carbocycles. The zero-order valence-electron chi connectivity index (χ0n) is 13.2. The average Bonchev–Trinajstić information content (AvgIpc) is 3.36. The van der Waals surface area contributed by atoms with Crippen LogP contribution in [0.25, 0.3) is 0 Å². The molecule has 1 saturated carbocycles. The minimum absolute atomic E-state index is 0.0314. The van der Waals surface area contributed by atoms with Crippen molar-refractivity contribution in [2.75, 3.05) is 0 Å². The number of carbonyl (C=O) groups is 1. The Bertz CT molecular complexity index is 846. The third kappa shape index (κ3) is 5.15. The van der Waals surface area contributed by atoms with E-state index in [0.29, 0.717) is 16.6 Å². The van der Waals surface area contributed by atoms with E-state index in [-0.39, 0.29) is 29.6 Å². The molecular weight excluding hydrogens is 344 g/mol. The lowest BCUT2D eigenvalue weighted by atomic mass is 10.2. The van der Waals surface area contributed by atoms with Crippen LogP contribution in [0.1, 0.15) is 24.1 Å². The van der Waals surface area contributed by atoms with Crippen LogP contribution >= 0.6 is 11.8 Å². The number of thioether (sulfide) groups is 1. The Morgan fingerprint density at radius 2 is 2.08 bits per heavy atom. The number of carbonyl (C=O) groups excluding carboxylic acids is 1. The first-order valence-corrected chi connectivity index (χ1v) is 8.74. The summed E-state index contributed by atoms with van der Waals surface area (Å²) in [6.45, 7) is 0. The summed E-state index contributed by atoms with van der Waals surface area (Å²) in [5.41, 5.74) is 1.02. The number of rotatable bonds is 7. The second kappa shape index (κ2) is 7.47. The first kappa shape index (κ1) is 17.2. The molecule has 1 amide bonds. The number of hydrogen-bond donors (Lipinski definition) is 2. The van der Waals surface area contributed by atoms with E-state index >= 15 is 0 Å². The Morgan fingerprint density at radius 1 is 1.36 bits per heavy atom. The van der Waals surface area contributed by atoms with Crippen molar-refractivity contribution in [2.45, 2.75) is 36.2 Å². The molecule has 0 atom stereocenters. The van der Waals surface area contributed by atoms with Crippen LogP contribution < -0.4 is 10.9 Å². The average molecular weight is 360 g/mol. The third-order valence-electron chi connectivity index (χ3n) is 3.58. The molecule has 1 fully saturated rings. The molecule has 0 aliphatic heterocycles. The summed E-state index contributed by atoms with van der Waals surface area (Å²) in [7, 11) is 0. The van der Waals surface area contributed by atoms with E-state index in [1.807, 2.05) is 0 Å². The fourth-order valence-corrected chi connectivity index (χ4v) is 3.03. The molecule has 0 spiro atoms. The number of amides is 1. The van der Waals surface area contributed by atoms with Gasteiger partial charge < -0.3 is 10.3 Å². The molecule has 130 valence electrons. The minimum Gasteiger partial charge on any atom is -0.353 e. The maximum absolute atomic E-state index is 11.8. The summed E-state index contributed by atoms with van der Waals surface area (Å²) >= 11 is 1.30. The molecule has 1 aromatic carbocycles. The maximum Gasteiger partial charge on any atom is 0.269 e. The van der Waals surface area contributed by atoms with Gasteiger partial charge in [-0.25, -0.2) is 4.98 Å². The van der Waals surface area contributed by atoms with Crippen LogP contribution in [-0.2, 0) is 17.0 Å². The lowest BCUT2D eigenvalue weighted by molar-refractivity contribution is -0.384. The van der Waals surface area contributed by atoms with Gasteiger partial charge in [0.05, 0.1) is 17.0 Å². The van der Waals surface area contributed by atoms with Gasteiger partial charge in [0, 0.05) is 30.0 Å². The molecule has 0 bridgehead atoms. The predicted octanol–water partition coefficient (Wildman–Crippen LogP) is 1.79. The fourth-order valence-electron chi connectivity index (χ4n) is 2.18. The molecule has 9 heteroatoms. The highest BCUT2D eigenvalue weighted by Crippen LogP contribution is 2.21. The molecule has 25 heavy (non-hydrogen) atoms.